The van der Waals surface area contributed by atoms with Gasteiger partial charge in [-0.3, -0.25) is 4.68 Å². The number of fused-ring (bicyclic) bond motifs is 5. The zero-order valence-corrected chi connectivity index (χ0v) is 79.0. The molecule has 0 spiro atoms. The summed E-state index contributed by atoms with van der Waals surface area (Å²) in [5, 5.41) is 80.3. The van der Waals surface area contributed by atoms with Crippen LogP contribution in [0.5, 0.6) is 0 Å². The second-order valence-corrected chi connectivity index (χ2v) is 36.3. The van der Waals surface area contributed by atoms with Gasteiger partial charge in [-0.25, -0.2) is 28.4 Å². The number of halogens is 5. The number of benzene rings is 10. The molecule has 1 aliphatic carbocycles. The highest BCUT2D eigenvalue weighted by molar-refractivity contribution is 6.41. The molecule has 26 nitrogen and oxygen atoms in total. The Bertz CT molecular complexity index is 8040. The van der Waals surface area contributed by atoms with Crippen LogP contribution in [-0.4, -0.2) is 141 Å². The van der Waals surface area contributed by atoms with Crippen LogP contribution in [0.25, 0.3) is 168 Å². The highest BCUT2D eigenvalue weighted by atomic mass is 35.5. The van der Waals surface area contributed by atoms with E-state index in [-0.39, 0.29) is 11.5 Å². The zero-order chi connectivity index (χ0) is 94.3. The van der Waals surface area contributed by atoms with Gasteiger partial charge in [0.1, 0.15) is 68.9 Å². The fourth-order valence-electron chi connectivity index (χ4n) is 17.2. The summed E-state index contributed by atoms with van der Waals surface area (Å²) >= 11 is 34.3. The SMILES string of the molecule is CC1(Cn2nc(-c3ccccc3)c3c(Cl)c(-c4ccccc4)nnc32)COC1.Clc1c(-c2ccccc2)nnc2c1c(-c1ccccc1)nn2C1CCOCC1.Clc1c(-c2ccccc2)nnc2c1c(-c1ccccc1)nn2CC1CC1.Clc1c(-c2ccccc2)nnc2c1c(-c1ccccc1)nn2Cc1cocn1.Cn1cc(Cn2nc(-c3ccccc3)c3c(Cl)c(-c4ccccc4)nnc32)cn1. The number of ether oxygens (including phenoxy) is 2. The van der Waals surface area contributed by atoms with Crippen LogP contribution in [0.4, 0.5) is 0 Å². The maximum absolute atomic E-state index is 6.90. The Kier molecular flexibility index (Phi) is 26.3. The Hall–Kier alpha value is -15.3. The van der Waals surface area contributed by atoms with E-state index in [0.29, 0.717) is 96.1 Å². The number of rotatable bonds is 19. The molecule has 10 aromatic carbocycles. The summed E-state index contributed by atoms with van der Waals surface area (Å²) < 4.78 is 27.3. The van der Waals surface area contributed by atoms with Crippen LogP contribution in [0.2, 0.25) is 25.1 Å². The van der Waals surface area contributed by atoms with E-state index in [1.54, 1.807) is 15.6 Å². The Labute approximate surface area is 822 Å². The quantitative estimate of drug-likeness (QED) is 0.0727. The second kappa shape index (κ2) is 40.6. The Morgan fingerprint density at radius 1 is 0.324 bits per heavy atom. The molecule has 31 heteroatoms. The third-order valence-corrected chi connectivity index (χ3v) is 26.2. The lowest BCUT2D eigenvalue weighted by molar-refractivity contribution is -0.111. The predicted octanol–water partition coefficient (Wildman–Crippen LogP) is 24.7. The average Bonchev–Trinajstić information content (AvgIpc) is 1.62. The lowest BCUT2D eigenvalue weighted by Crippen LogP contribution is -2.43. The first kappa shape index (κ1) is 90.2. The van der Waals surface area contributed by atoms with Gasteiger partial charge in [0.15, 0.2) is 34.6 Å². The number of hydrogen-bond donors (Lipinski definition) is 0. The normalized spacial score (nSPS) is 13.4. The molecule has 2 saturated heterocycles. The molecule has 3 aliphatic rings. The van der Waals surface area contributed by atoms with Crippen molar-refractivity contribution >= 4 is 113 Å². The lowest BCUT2D eigenvalue weighted by atomic mass is 9.89. The van der Waals surface area contributed by atoms with Crippen molar-refractivity contribution in [1.29, 1.82) is 0 Å². The van der Waals surface area contributed by atoms with Crippen molar-refractivity contribution in [2.45, 2.75) is 64.8 Å². The minimum Gasteiger partial charge on any atom is -0.451 e. The molecule has 3 fully saturated rings. The van der Waals surface area contributed by atoms with Crippen LogP contribution in [0, 0.1) is 11.3 Å². The maximum atomic E-state index is 6.90. The maximum Gasteiger partial charge on any atom is 0.182 e. The zero-order valence-electron chi connectivity index (χ0n) is 75.2. The summed E-state index contributed by atoms with van der Waals surface area (Å²) in [6, 6.07) is 99.8. The van der Waals surface area contributed by atoms with Gasteiger partial charge in [0.05, 0.1) is 97.1 Å². The molecule has 0 N–H and O–H groups in total. The number of aromatic nitrogens is 23. The van der Waals surface area contributed by atoms with Gasteiger partial charge in [0.2, 0.25) is 0 Å². The smallest absolute Gasteiger partial charge is 0.182 e. The molecule has 0 atom stereocenters. The first-order valence-electron chi connectivity index (χ1n) is 45.5. The number of nitrogens with zero attached hydrogens (tertiary/aromatic N) is 23. The number of oxazole rings is 1. The van der Waals surface area contributed by atoms with Gasteiger partial charge in [-0.2, -0.15) is 30.6 Å². The molecule has 1 saturated carbocycles. The third kappa shape index (κ3) is 19.1. The van der Waals surface area contributed by atoms with Crippen LogP contribution >= 0.6 is 58.0 Å². The Morgan fingerprint density at radius 2 is 0.619 bits per heavy atom. The Morgan fingerprint density at radius 3 is 0.928 bits per heavy atom. The molecule has 12 aromatic heterocycles. The second-order valence-electron chi connectivity index (χ2n) is 34.4. The molecule has 0 bridgehead atoms. The van der Waals surface area contributed by atoms with E-state index in [4.69, 9.17) is 97.4 Å². The van der Waals surface area contributed by atoms with Crippen molar-refractivity contribution in [1.82, 2.24) is 115 Å². The van der Waals surface area contributed by atoms with Crippen LogP contribution < -0.4 is 0 Å². The average molecular weight is 1930 g/mol. The third-order valence-electron chi connectivity index (χ3n) is 24.4. The molecular weight excluding hydrogens is 1840 g/mol. The minimum atomic E-state index is 0.0547. The fraction of sp³-hybridized carbons (Fsp3) is 0.157. The topological polar surface area (TPSA) is 280 Å². The molecule has 686 valence electrons. The highest BCUT2D eigenvalue weighted by Gasteiger charge is 2.37. The van der Waals surface area contributed by atoms with E-state index >= 15 is 0 Å². The van der Waals surface area contributed by atoms with Crippen LogP contribution in [0.1, 0.15) is 49.9 Å². The van der Waals surface area contributed by atoms with E-state index in [1.807, 2.05) is 317 Å². The molecular formula is C108H86Cl5N23O3. The summed E-state index contributed by atoms with van der Waals surface area (Å²) in [6.07, 6.45) is 11.1. The highest BCUT2D eigenvalue weighted by Crippen LogP contribution is 2.46. The van der Waals surface area contributed by atoms with E-state index in [0.717, 1.165) is 179 Å². The van der Waals surface area contributed by atoms with Crippen molar-refractivity contribution in [2.75, 3.05) is 26.4 Å². The fourth-order valence-corrected chi connectivity index (χ4v) is 18.8. The Balaban J connectivity index is 0.000000103. The standard InChI is InChI=1S/C22H17ClN6.2C22H19ClN4O.C21H14ClN5O.C21H17ClN4/c1-28-13-15(12-24-28)14-29-22-18(20(27-29)16-8-4-2-5-9-16)19(23)21(25-26-22)17-10-6-3-7-11-17;1-22(13-28-14-22)12-27-21-17(19(26-27)15-8-4-2-5-9-15)18(23)20(24-25-21)16-10-6-3-7-11-16;23-19-18-20(15-7-3-1-4-8-15)26-27(17-11-13-28-14-12-17)22(18)25-24-21(19)16-9-5-2-6-10-16;22-18-17-19(14-7-3-1-4-8-14)26-27(11-16-12-28-13-23-16)21(17)25-24-20(18)15-9-5-2-6-10-15;22-18-17-19(15-7-3-1-4-8-15)25-26(13-14-11-12-14)21(17)24-23-20(18)16-9-5-2-6-10-16/h2-13H,14H2,1H3;2-11H,12-14H2,1H3;1-10,17H,11-14H2;1-10,12-13H,11H2;1-10,14H,11-13H2. The first-order valence-corrected chi connectivity index (χ1v) is 47.4. The van der Waals surface area contributed by atoms with Gasteiger partial charge >= 0.3 is 0 Å². The van der Waals surface area contributed by atoms with Crippen LogP contribution in [0.15, 0.2) is 333 Å². The lowest BCUT2D eigenvalue weighted by Gasteiger charge is -2.37. The molecule has 139 heavy (non-hydrogen) atoms. The summed E-state index contributed by atoms with van der Waals surface area (Å²) in [7, 11) is 1.89. The molecule has 0 amide bonds. The molecule has 0 unspecified atom stereocenters. The van der Waals surface area contributed by atoms with Crippen molar-refractivity contribution in [3.8, 4) is 113 Å². The van der Waals surface area contributed by atoms with E-state index in [1.165, 1.54) is 19.2 Å². The van der Waals surface area contributed by atoms with Gasteiger partial charge in [0, 0.05) is 99.6 Å². The van der Waals surface area contributed by atoms with E-state index in [9.17, 15) is 0 Å². The summed E-state index contributed by atoms with van der Waals surface area (Å²) in [5.41, 5.74) is 22.4. The first-order chi connectivity index (χ1) is 68.3. The van der Waals surface area contributed by atoms with E-state index < -0.39 is 0 Å². The van der Waals surface area contributed by atoms with Crippen molar-refractivity contribution in [3.63, 3.8) is 0 Å². The van der Waals surface area contributed by atoms with Crippen LogP contribution in [-0.2, 0) is 42.7 Å². The molecule has 14 heterocycles. The minimum absolute atomic E-state index is 0.0547. The molecule has 2 aliphatic heterocycles. The van der Waals surface area contributed by atoms with Crippen molar-refractivity contribution in [3.05, 3.63) is 365 Å². The number of hydrogen-bond acceptors (Lipinski definition) is 20. The summed E-state index contributed by atoms with van der Waals surface area (Å²) in [6.45, 7) is 7.63. The van der Waals surface area contributed by atoms with Gasteiger partial charge in [-0.05, 0) is 31.6 Å². The van der Waals surface area contributed by atoms with Gasteiger partial charge < -0.3 is 13.9 Å². The predicted molar refractivity (Wildman–Crippen MR) is 545 cm³/mol. The van der Waals surface area contributed by atoms with Gasteiger partial charge in [-0.1, -0.05) is 368 Å². The van der Waals surface area contributed by atoms with Crippen molar-refractivity contribution < 1.29 is 13.9 Å². The molecule has 22 aromatic rings. The summed E-state index contributed by atoms with van der Waals surface area (Å²) in [5.74, 6) is 0.691. The van der Waals surface area contributed by atoms with Gasteiger partial charge in [-0.15, -0.1) is 51.0 Å². The largest absolute Gasteiger partial charge is 0.451 e. The van der Waals surface area contributed by atoms with E-state index in [2.05, 4.69) is 92.3 Å². The van der Waals surface area contributed by atoms with Crippen LogP contribution in [0.3, 0.4) is 0 Å². The van der Waals surface area contributed by atoms with Crippen molar-refractivity contribution in [2.24, 2.45) is 18.4 Å². The van der Waals surface area contributed by atoms with Gasteiger partial charge in [0.25, 0.3) is 0 Å². The molecule has 25 rings (SSSR count). The monoisotopic (exact) mass is 1930 g/mol. The number of aryl methyl sites for hydroxylation is 1. The summed E-state index contributed by atoms with van der Waals surface area (Å²) in [4.78, 5) is 4.18. The molecule has 0 radical (unpaired) electrons.